The van der Waals surface area contributed by atoms with Crippen LogP contribution in [0.5, 0.6) is 0 Å². The molecule has 0 aromatic rings. The van der Waals surface area contributed by atoms with Crippen LogP contribution in [0.25, 0.3) is 0 Å². The number of ether oxygens (including phenoxy) is 1. The minimum Gasteiger partial charge on any atom is -0.394 e. The third kappa shape index (κ3) is 3.13. The van der Waals surface area contributed by atoms with Crippen LogP contribution in [0, 0.1) is 0 Å². The first-order valence-corrected chi connectivity index (χ1v) is 5.65. The molecule has 1 fully saturated rings. The molecule has 0 aromatic heterocycles. The summed E-state index contributed by atoms with van der Waals surface area (Å²) in [6.45, 7) is 2.30. The first-order valence-electron chi connectivity index (χ1n) is 5.65. The second kappa shape index (κ2) is 6.48. The number of aliphatic hydroxyl groups is 4. The fourth-order valence-electron chi connectivity index (χ4n) is 1.69. The molecule has 1 aliphatic heterocycles. The van der Waals surface area contributed by atoms with E-state index in [9.17, 15) is 15.3 Å². The molecule has 5 N–H and O–H groups in total. The van der Waals surface area contributed by atoms with E-state index in [1.54, 1.807) is 0 Å². The molecule has 0 saturated carbocycles. The van der Waals surface area contributed by atoms with Gasteiger partial charge in [0.25, 0.3) is 0 Å². The maximum absolute atomic E-state index is 9.64. The molecule has 6 nitrogen and oxygen atoms in total. The van der Waals surface area contributed by atoms with Crippen LogP contribution in [0.2, 0.25) is 0 Å². The van der Waals surface area contributed by atoms with Crippen molar-refractivity contribution in [1.29, 1.82) is 0 Å². The monoisotopic (exact) mass is 235 g/mol. The second-order valence-corrected chi connectivity index (χ2v) is 4.06. The number of hydrogen-bond donors (Lipinski definition) is 5. The Labute approximate surface area is 94.9 Å². The third-order valence-corrected chi connectivity index (χ3v) is 2.77. The van der Waals surface area contributed by atoms with Gasteiger partial charge in [0.15, 0.2) is 0 Å². The third-order valence-electron chi connectivity index (χ3n) is 2.77. The van der Waals surface area contributed by atoms with E-state index in [0.717, 1.165) is 12.8 Å². The second-order valence-electron chi connectivity index (χ2n) is 4.06. The molecule has 96 valence electrons. The largest absolute Gasteiger partial charge is 0.394 e. The molecule has 1 heterocycles. The van der Waals surface area contributed by atoms with Crippen molar-refractivity contribution in [2.75, 3.05) is 13.2 Å². The number of nitrogens with one attached hydrogen (secondary N) is 1. The van der Waals surface area contributed by atoms with Gasteiger partial charge in [-0.05, 0) is 13.0 Å². The van der Waals surface area contributed by atoms with Crippen molar-refractivity contribution in [1.82, 2.24) is 5.32 Å². The average Bonchev–Trinajstić information content (AvgIpc) is 2.29. The van der Waals surface area contributed by atoms with E-state index in [-0.39, 0.29) is 0 Å². The molecule has 0 spiro atoms. The lowest BCUT2D eigenvalue weighted by molar-refractivity contribution is -0.236. The van der Waals surface area contributed by atoms with Crippen molar-refractivity contribution in [3.63, 3.8) is 0 Å². The molecule has 0 aliphatic carbocycles. The lowest BCUT2D eigenvalue weighted by Gasteiger charge is -2.40. The summed E-state index contributed by atoms with van der Waals surface area (Å²) in [5.41, 5.74) is 0. The standard InChI is InChI=1S/C10H21NO5/c1-2-3-4-11-10-9(15)8(14)7(13)6(5-12)16-10/h6-15H,2-5H2,1H3/t6-,7+,8+,9-,10?/m1/s1. The molecule has 1 saturated heterocycles. The van der Waals surface area contributed by atoms with Crippen LogP contribution in [0.1, 0.15) is 19.8 Å². The highest BCUT2D eigenvalue weighted by molar-refractivity contribution is 4.90. The van der Waals surface area contributed by atoms with Crippen molar-refractivity contribution in [2.24, 2.45) is 0 Å². The molecule has 6 heteroatoms. The van der Waals surface area contributed by atoms with E-state index >= 15 is 0 Å². The van der Waals surface area contributed by atoms with Gasteiger partial charge < -0.3 is 25.2 Å². The summed E-state index contributed by atoms with van der Waals surface area (Å²) >= 11 is 0. The Morgan fingerprint density at radius 1 is 1.12 bits per heavy atom. The van der Waals surface area contributed by atoms with Gasteiger partial charge in [0, 0.05) is 0 Å². The smallest absolute Gasteiger partial charge is 0.137 e. The van der Waals surface area contributed by atoms with Crippen molar-refractivity contribution in [3.05, 3.63) is 0 Å². The summed E-state index contributed by atoms with van der Waals surface area (Å²) in [4.78, 5) is 0. The van der Waals surface area contributed by atoms with Gasteiger partial charge in [0.2, 0.25) is 0 Å². The van der Waals surface area contributed by atoms with E-state index in [2.05, 4.69) is 5.32 Å². The quantitative estimate of drug-likeness (QED) is 0.359. The molecule has 1 unspecified atom stereocenters. The van der Waals surface area contributed by atoms with Gasteiger partial charge in [-0.25, -0.2) is 0 Å². The van der Waals surface area contributed by atoms with Crippen LogP contribution >= 0.6 is 0 Å². The molecule has 1 rings (SSSR count). The summed E-state index contributed by atoms with van der Waals surface area (Å²) in [6.07, 6.45) is -3.43. The zero-order chi connectivity index (χ0) is 12.1. The molecular weight excluding hydrogens is 214 g/mol. The van der Waals surface area contributed by atoms with E-state index in [1.165, 1.54) is 0 Å². The average molecular weight is 235 g/mol. The summed E-state index contributed by atoms with van der Waals surface area (Å²) in [5, 5.41) is 40.5. The number of hydrogen-bond acceptors (Lipinski definition) is 6. The first-order chi connectivity index (χ1) is 7.61. The van der Waals surface area contributed by atoms with Crippen molar-refractivity contribution in [3.8, 4) is 0 Å². The minimum absolute atomic E-state index is 0.392. The summed E-state index contributed by atoms with van der Waals surface area (Å²) < 4.78 is 5.26. The van der Waals surface area contributed by atoms with Crippen LogP contribution in [0.4, 0.5) is 0 Å². The fraction of sp³-hybridized carbons (Fsp3) is 1.00. The van der Waals surface area contributed by atoms with E-state index in [0.29, 0.717) is 6.54 Å². The van der Waals surface area contributed by atoms with Crippen molar-refractivity contribution >= 4 is 0 Å². The predicted molar refractivity (Wildman–Crippen MR) is 56.7 cm³/mol. The Kier molecular flexibility index (Phi) is 5.60. The highest BCUT2D eigenvalue weighted by atomic mass is 16.6. The Morgan fingerprint density at radius 2 is 1.81 bits per heavy atom. The van der Waals surface area contributed by atoms with Crippen LogP contribution in [0.3, 0.4) is 0 Å². The van der Waals surface area contributed by atoms with Crippen LogP contribution < -0.4 is 5.32 Å². The van der Waals surface area contributed by atoms with Crippen LogP contribution in [0.15, 0.2) is 0 Å². The molecule has 5 atom stereocenters. The highest BCUT2D eigenvalue weighted by Gasteiger charge is 2.42. The van der Waals surface area contributed by atoms with Crippen LogP contribution in [-0.4, -0.2) is 64.2 Å². The highest BCUT2D eigenvalue weighted by Crippen LogP contribution is 2.19. The molecule has 16 heavy (non-hydrogen) atoms. The van der Waals surface area contributed by atoms with E-state index < -0.39 is 37.3 Å². The predicted octanol–water partition coefficient (Wildman–Crippen LogP) is -1.82. The Bertz CT molecular complexity index is 202. The molecule has 1 aliphatic rings. The summed E-state index contributed by atoms with van der Waals surface area (Å²) in [5.74, 6) is 0. The zero-order valence-corrected chi connectivity index (χ0v) is 9.41. The van der Waals surface area contributed by atoms with Crippen molar-refractivity contribution < 1.29 is 25.2 Å². The van der Waals surface area contributed by atoms with Gasteiger partial charge in [0.1, 0.15) is 30.6 Å². The van der Waals surface area contributed by atoms with Crippen LogP contribution in [-0.2, 0) is 4.74 Å². The van der Waals surface area contributed by atoms with Gasteiger partial charge in [-0.3, -0.25) is 5.32 Å². The Morgan fingerprint density at radius 3 is 2.38 bits per heavy atom. The van der Waals surface area contributed by atoms with Gasteiger partial charge in [0.05, 0.1) is 6.61 Å². The number of rotatable bonds is 5. The topological polar surface area (TPSA) is 102 Å². The van der Waals surface area contributed by atoms with Crippen molar-refractivity contribution in [2.45, 2.75) is 50.4 Å². The molecule has 0 amide bonds. The zero-order valence-electron chi connectivity index (χ0n) is 9.41. The number of unbranched alkanes of at least 4 members (excludes halogenated alkanes) is 1. The molecule has 0 bridgehead atoms. The summed E-state index contributed by atoms with van der Waals surface area (Å²) in [7, 11) is 0. The van der Waals surface area contributed by atoms with E-state index in [1.807, 2.05) is 6.92 Å². The lowest BCUT2D eigenvalue weighted by atomic mass is 9.98. The summed E-state index contributed by atoms with van der Waals surface area (Å²) in [6, 6.07) is 0. The normalized spacial score (nSPS) is 39.9. The molecule has 0 aromatic carbocycles. The SMILES string of the molecule is CCCCNC1O[C@H](CO)[C@H](O)[C@H](O)[C@H]1O. The molecule has 0 radical (unpaired) electrons. The Balaban J connectivity index is 2.50. The van der Waals surface area contributed by atoms with Gasteiger partial charge in [-0.2, -0.15) is 0 Å². The maximum Gasteiger partial charge on any atom is 0.137 e. The fourth-order valence-corrected chi connectivity index (χ4v) is 1.69. The first kappa shape index (κ1) is 13.8. The Hall–Kier alpha value is -0.240. The molecular formula is C10H21NO5. The minimum atomic E-state index is -1.30. The lowest BCUT2D eigenvalue weighted by Crippen LogP contribution is -2.62. The van der Waals surface area contributed by atoms with E-state index in [4.69, 9.17) is 9.84 Å². The number of aliphatic hydroxyl groups excluding tert-OH is 4. The maximum atomic E-state index is 9.64. The van der Waals surface area contributed by atoms with Gasteiger partial charge in [-0.1, -0.05) is 13.3 Å². The van der Waals surface area contributed by atoms with Gasteiger partial charge >= 0.3 is 0 Å². The van der Waals surface area contributed by atoms with Gasteiger partial charge in [-0.15, -0.1) is 0 Å².